The SMILES string of the molecule is CCCCCCCCC1=C([S])C=C(Cl)CC1=O. The monoisotopic (exact) mass is 271 g/mol. The van der Waals surface area contributed by atoms with Crippen molar-refractivity contribution in [3.8, 4) is 0 Å². The summed E-state index contributed by atoms with van der Waals surface area (Å²) >= 11 is 11.0. The van der Waals surface area contributed by atoms with Gasteiger partial charge in [-0.05, 0) is 18.9 Å². The van der Waals surface area contributed by atoms with Crippen LogP contribution in [0.3, 0.4) is 0 Å². The van der Waals surface area contributed by atoms with Crippen LogP contribution < -0.4 is 0 Å². The van der Waals surface area contributed by atoms with Crippen molar-refractivity contribution in [2.24, 2.45) is 0 Å². The first kappa shape index (κ1) is 14.7. The first-order valence-electron chi connectivity index (χ1n) is 6.44. The lowest BCUT2D eigenvalue weighted by molar-refractivity contribution is -0.115. The highest BCUT2D eigenvalue weighted by Gasteiger charge is 2.18. The number of carbonyl (C=O) groups is 1. The minimum Gasteiger partial charge on any atom is -0.294 e. The third kappa shape index (κ3) is 5.22. The van der Waals surface area contributed by atoms with Crippen molar-refractivity contribution in [2.45, 2.75) is 58.3 Å². The van der Waals surface area contributed by atoms with Crippen LogP contribution in [0, 0.1) is 0 Å². The largest absolute Gasteiger partial charge is 0.294 e. The van der Waals surface area contributed by atoms with Crippen LogP contribution in [-0.4, -0.2) is 5.78 Å². The van der Waals surface area contributed by atoms with Gasteiger partial charge in [0.1, 0.15) is 0 Å². The lowest BCUT2D eigenvalue weighted by Crippen LogP contribution is -2.08. The molecule has 3 heteroatoms. The Morgan fingerprint density at radius 3 is 2.53 bits per heavy atom. The van der Waals surface area contributed by atoms with Crippen molar-refractivity contribution in [1.29, 1.82) is 0 Å². The van der Waals surface area contributed by atoms with Crippen LogP contribution in [0.5, 0.6) is 0 Å². The Balaban J connectivity index is 2.31. The Hall–Kier alpha value is -0.340. The van der Waals surface area contributed by atoms with Gasteiger partial charge in [0.05, 0.1) is 0 Å². The van der Waals surface area contributed by atoms with Crippen molar-refractivity contribution < 1.29 is 4.79 Å². The Bertz CT molecular complexity index is 331. The Morgan fingerprint density at radius 2 is 1.88 bits per heavy atom. The second kappa shape index (κ2) is 7.88. The molecule has 0 aromatic rings. The number of halogens is 1. The van der Waals surface area contributed by atoms with Crippen molar-refractivity contribution in [3.05, 3.63) is 21.6 Å². The van der Waals surface area contributed by atoms with Gasteiger partial charge >= 0.3 is 0 Å². The molecule has 0 N–H and O–H groups in total. The first-order chi connectivity index (χ1) is 8.15. The molecule has 1 radical (unpaired) electrons. The van der Waals surface area contributed by atoms with Crippen LogP contribution in [0.2, 0.25) is 0 Å². The predicted octanol–water partition coefficient (Wildman–Crippen LogP) is 5.28. The maximum atomic E-state index is 11.7. The summed E-state index contributed by atoms with van der Waals surface area (Å²) in [4.78, 5) is 12.4. The molecular weight excluding hydrogens is 252 g/mol. The van der Waals surface area contributed by atoms with E-state index in [0.717, 1.165) is 18.4 Å². The standard InChI is InChI=1S/C14H20ClOS/c1-2-3-4-5-6-7-8-12-13(16)9-11(15)10-14(12)17/h10H,2-9H2,1H3. The molecule has 0 bridgehead atoms. The van der Waals surface area contributed by atoms with E-state index in [1.54, 1.807) is 6.08 Å². The van der Waals surface area contributed by atoms with Crippen molar-refractivity contribution in [3.63, 3.8) is 0 Å². The number of allylic oxidation sites excluding steroid dienone is 3. The van der Waals surface area contributed by atoms with E-state index in [1.165, 1.54) is 32.1 Å². The lowest BCUT2D eigenvalue weighted by Gasteiger charge is -2.12. The van der Waals surface area contributed by atoms with E-state index in [9.17, 15) is 4.79 Å². The molecule has 0 unspecified atom stereocenters. The number of rotatable bonds is 7. The molecule has 95 valence electrons. The van der Waals surface area contributed by atoms with Crippen LogP contribution in [0.25, 0.3) is 0 Å². The molecular formula is C14H20ClOS. The minimum absolute atomic E-state index is 0.121. The summed E-state index contributed by atoms with van der Waals surface area (Å²) in [7, 11) is 0. The molecule has 1 aliphatic rings. The third-order valence-electron chi connectivity index (χ3n) is 3.03. The van der Waals surface area contributed by atoms with Gasteiger partial charge in [-0.2, -0.15) is 0 Å². The average molecular weight is 272 g/mol. The third-order valence-corrected chi connectivity index (χ3v) is 3.64. The molecule has 0 atom stereocenters. The van der Waals surface area contributed by atoms with E-state index in [4.69, 9.17) is 24.2 Å². The van der Waals surface area contributed by atoms with Crippen molar-refractivity contribution in [2.75, 3.05) is 0 Å². The van der Waals surface area contributed by atoms with Gasteiger partial charge in [0.15, 0.2) is 5.78 Å². The molecule has 17 heavy (non-hydrogen) atoms. The Morgan fingerprint density at radius 1 is 1.24 bits per heavy atom. The molecule has 0 saturated heterocycles. The van der Waals surface area contributed by atoms with E-state index >= 15 is 0 Å². The maximum Gasteiger partial charge on any atom is 0.165 e. The van der Waals surface area contributed by atoms with Gasteiger partial charge in [-0.15, -0.1) is 0 Å². The van der Waals surface area contributed by atoms with Crippen LogP contribution in [-0.2, 0) is 4.79 Å². The highest BCUT2D eigenvalue weighted by molar-refractivity contribution is 7.84. The molecule has 0 amide bonds. The maximum absolute atomic E-state index is 11.7. The van der Waals surface area contributed by atoms with Gasteiger partial charge in [0.25, 0.3) is 0 Å². The van der Waals surface area contributed by atoms with Crippen molar-refractivity contribution in [1.82, 2.24) is 0 Å². The zero-order valence-corrected chi connectivity index (χ0v) is 12.0. The molecule has 1 aliphatic carbocycles. The van der Waals surface area contributed by atoms with Gasteiger partial charge in [0.2, 0.25) is 0 Å². The summed E-state index contributed by atoms with van der Waals surface area (Å²) in [6, 6.07) is 0. The van der Waals surface area contributed by atoms with Gasteiger partial charge < -0.3 is 0 Å². The molecule has 1 rings (SSSR count). The predicted molar refractivity (Wildman–Crippen MR) is 76.2 cm³/mol. The number of hydrogen-bond acceptors (Lipinski definition) is 1. The molecule has 0 aliphatic heterocycles. The fourth-order valence-corrected chi connectivity index (χ4v) is 2.68. The van der Waals surface area contributed by atoms with E-state index in [0.29, 0.717) is 16.4 Å². The molecule has 0 spiro atoms. The zero-order chi connectivity index (χ0) is 12.7. The van der Waals surface area contributed by atoms with Gasteiger partial charge in [-0.3, -0.25) is 4.79 Å². The van der Waals surface area contributed by atoms with Crippen LogP contribution in [0.4, 0.5) is 0 Å². The fourth-order valence-electron chi connectivity index (χ4n) is 2.02. The molecule has 0 fully saturated rings. The number of carbonyl (C=O) groups excluding carboxylic acids is 1. The second-order valence-electron chi connectivity index (χ2n) is 4.55. The van der Waals surface area contributed by atoms with Crippen LogP contribution in [0.15, 0.2) is 21.6 Å². The summed E-state index contributed by atoms with van der Waals surface area (Å²) in [5, 5.41) is 0.576. The summed E-state index contributed by atoms with van der Waals surface area (Å²) < 4.78 is 0. The van der Waals surface area contributed by atoms with Gasteiger partial charge in [-0.1, -0.05) is 63.3 Å². The summed E-state index contributed by atoms with van der Waals surface area (Å²) in [6.07, 6.45) is 10.3. The fraction of sp³-hybridized carbons (Fsp3) is 0.643. The lowest BCUT2D eigenvalue weighted by atomic mass is 9.97. The van der Waals surface area contributed by atoms with Crippen molar-refractivity contribution >= 4 is 30.0 Å². The second-order valence-corrected chi connectivity index (χ2v) is 5.48. The van der Waals surface area contributed by atoms with Crippen LogP contribution in [0.1, 0.15) is 58.3 Å². The molecule has 0 aromatic carbocycles. The van der Waals surface area contributed by atoms with E-state index in [1.807, 2.05) is 0 Å². The molecule has 0 saturated carbocycles. The summed E-state index contributed by atoms with van der Waals surface area (Å²) in [5.41, 5.74) is 0.819. The zero-order valence-electron chi connectivity index (χ0n) is 10.4. The molecule has 1 nitrogen and oxygen atoms in total. The quantitative estimate of drug-likeness (QED) is 0.576. The number of ketones is 1. The highest BCUT2D eigenvalue weighted by Crippen LogP contribution is 2.28. The number of Topliss-reactive ketones (excluding diaryl/α,β-unsaturated/α-hetero) is 1. The number of hydrogen-bond donors (Lipinski definition) is 0. The smallest absolute Gasteiger partial charge is 0.165 e. The van der Waals surface area contributed by atoms with E-state index in [2.05, 4.69) is 6.92 Å². The van der Waals surface area contributed by atoms with E-state index < -0.39 is 0 Å². The van der Waals surface area contributed by atoms with Crippen LogP contribution >= 0.6 is 24.2 Å². The average Bonchev–Trinajstić information content (AvgIpc) is 2.26. The van der Waals surface area contributed by atoms with Gasteiger partial charge in [0, 0.05) is 21.9 Å². The van der Waals surface area contributed by atoms with Gasteiger partial charge in [-0.25, -0.2) is 0 Å². The number of unbranched alkanes of at least 4 members (excludes halogenated alkanes) is 5. The minimum atomic E-state index is 0.121. The Kier molecular flexibility index (Phi) is 6.83. The molecule has 0 aromatic heterocycles. The Labute approximate surface area is 115 Å². The first-order valence-corrected chi connectivity index (χ1v) is 7.23. The normalized spacial score (nSPS) is 16.4. The summed E-state index contributed by atoms with van der Waals surface area (Å²) in [6.45, 7) is 2.21. The van der Waals surface area contributed by atoms with E-state index in [-0.39, 0.29) is 5.78 Å². The topological polar surface area (TPSA) is 17.1 Å². The molecule has 0 heterocycles. The summed E-state index contributed by atoms with van der Waals surface area (Å²) in [5.74, 6) is 0.121. The highest BCUT2D eigenvalue weighted by atomic mass is 35.5.